The van der Waals surface area contributed by atoms with Gasteiger partial charge in [0.25, 0.3) is 0 Å². The highest BCUT2D eigenvalue weighted by atomic mass is 16.5. The van der Waals surface area contributed by atoms with Gasteiger partial charge in [0.1, 0.15) is 5.75 Å². The standard InChI is InChI=1S/C16H28N4O/c1-6-11-18-16(17-2)19-12-15(20(3)4)13-7-9-14(21-5)10-8-13/h7-10,15H,6,11-12H2,1-5H3,(H2,17,18,19). The number of nitrogens with one attached hydrogen (secondary N) is 2. The minimum atomic E-state index is 0.274. The summed E-state index contributed by atoms with van der Waals surface area (Å²) in [7, 11) is 7.64. The first-order chi connectivity index (χ1) is 10.1. The quantitative estimate of drug-likeness (QED) is 0.595. The van der Waals surface area contributed by atoms with Crippen molar-refractivity contribution in [2.45, 2.75) is 19.4 Å². The summed E-state index contributed by atoms with van der Waals surface area (Å²) in [6.45, 7) is 3.86. The molecule has 0 saturated heterocycles. The Kier molecular flexibility index (Phi) is 7.61. The molecule has 2 N–H and O–H groups in total. The third-order valence-corrected chi connectivity index (χ3v) is 3.35. The van der Waals surface area contributed by atoms with E-state index >= 15 is 0 Å². The van der Waals surface area contributed by atoms with Gasteiger partial charge < -0.3 is 20.3 Å². The van der Waals surface area contributed by atoms with Gasteiger partial charge in [0.15, 0.2) is 5.96 Å². The molecule has 1 aromatic carbocycles. The number of benzene rings is 1. The smallest absolute Gasteiger partial charge is 0.191 e. The maximum atomic E-state index is 5.21. The van der Waals surface area contributed by atoms with Gasteiger partial charge in [-0.2, -0.15) is 0 Å². The van der Waals surface area contributed by atoms with Crippen LogP contribution in [-0.2, 0) is 0 Å². The molecule has 0 aliphatic heterocycles. The van der Waals surface area contributed by atoms with Crippen LogP contribution in [0.1, 0.15) is 24.9 Å². The highest BCUT2D eigenvalue weighted by Crippen LogP contribution is 2.20. The number of methoxy groups -OCH3 is 1. The summed E-state index contributed by atoms with van der Waals surface area (Å²) in [6, 6.07) is 8.48. The van der Waals surface area contributed by atoms with Crippen molar-refractivity contribution >= 4 is 5.96 Å². The van der Waals surface area contributed by atoms with Crippen molar-refractivity contribution in [3.8, 4) is 5.75 Å². The molecule has 1 rings (SSSR count). The van der Waals surface area contributed by atoms with Crippen LogP contribution in [0.3, 0.4) is 0 Å². The predicted molar refractivity (Wildman–Crippen MR) is 89.1 cm³/mol. The summed E-state index contributed by atoms with van der Waals surface area (Å²) in [5.41, 5.74) is 1.25. The number of guanidine groups is 1. The maximum absolute atomic E-state index is 5.21. The van der Waals surface area contributed by atoms with Crippen LogP contribution in [0.4, 0.5) is 0 Å². The molecule has 0 fully saturated rings. The van der Waals surface area contributed by atoms with Crippen molar-refractivity contribution in [3.63, 3.8) is 0 Å². The van der Waals surface area contributed by atoms with E-state index in [0.717, 1.165) is 31.2 Å². The van der Waals surface area contributed by atoms with E-state index in [1.807, 2.05) is 12.1 Å². The number of hydrogen-bond donors (Lipinski definition) is 2. The fraction of sp³-hybridized carbons (Fsp3) is 0.562. The maximum Gasteiger partial charge on any atom is 0.191 e. The second kappa shape index (κ2) is 9.23. The summed E-state index contributed by atoms with van der Waals surface area (Å²) in [5, 5.41) is 6.66. The molecule has 0 aromatic heterocycles. The Morgan fingerprint density at radius 2 is 1.90 bits per heavy atom. The molecule has 0 heterocycles. The van der Waals surface area contributed by atoms with E-state index in [1.165, 1.54) is 5.56 Å². The summed E-state index contributed by atoms with van der Waals surface area (Å²) in [5.74, 6) is 1.72. The van der Waals surface area contributed by atoms with Crippen LogP contribution in [0.5, 0.6) is 5.75 Å². The summed E-state index contributed by atoms with van der Waals surface area (Å²) >= 11 is 0. The highest BCUT2D eigenvalue weighted by Gasteiger charge is 2.14. The Balaban J connectivity index is 2.68. The van der Waals surface area contributed by atoms with Gasteiger partial charge in [-0.05, 0) is 38.2 Å². The average molecular weight is 292 g/mol. The third-order valence-electron chi connectivity index (χ3n) is 3.35. The second-order valence-electron chi connectivity index (χ2n) is 5.13. The van der Waals surface area contributed by atoms with Crippen LogP contribution < -0.4 is 15.4 Å². The lowest BCUT2D eigenvalue weighted by molar-refractivity contribution is 0.298. The molecule has 1 unspecified atom stereocenters. The van der Waals surface area contributed by atoms with Crippen LogP contribution in [0.15, 0.2) is 29.3 Å². The topological polar surface area (TPSA) is 48.9 Å². The van der Waals surface area contributed by atoms with Crippen molar-refractivity contribution in [2.24, 2.45) is 4.99 Å². The summed E-state index contributed by atoms with van der Waals surface area (Å²) < 4.78 is 5.21. The molecule has 0 aliphatic rings. The minimum Gasteiger partial charge on any atom is -0.497 e. The molecule has 0 bridgehead atoms. The minimum absolute atomic E-state index is 0.274. The lowest BCUT2D eigenvalue weighted by Gasteiger charge is -2.26. The first kappa shape index (κ1) is 17.3. The average Bonchev–Trinajstić information content (AvgIpc) is 2.50. The van der Waals surface area contributed by atoms with E-state index in [9.17, 15) is 0 Å². The Labute approximate surface area is 128 Å². The normalized spacial score (nSPS) is 13.1. The molecule has 1 aromatic rings. The van der Waals surface area contributed by atoms with Crippen LogP contribution in [0.2, 0.25) is 0 Å². The van der Waals surface area contributed by atoms with Crippen LogP contribution >= 0.6 is 0 Å². The molecule has 5 heteroatoms. The Morgan fingerprint density at radius 3 is 2.38 bits per heavy atom. The second-order valence-corrected chi connectivity index (χ2v) is 5.13. The van der Waals surface area contributed by atoms with Crippen LogP contribution in [0, 0.1) is 0 Å². The van der Waals surface area contributed by atoms with E-state index in [0.29, 0.717) is 0 Å². The molecule has 0 radical (unpaired) electrons. The van der Waals surface area contributed by atoms with Crippen molar-refractivity contribution in [3.05, 3.63) is 29.8 Å². The van der Waals surface area contributed by atoms with Crippen LogP contribution in [-0.4, -0.2) is 52.2 Å². The van der Waals surface area contributed by atoms with Crippen molar-refractivity contribution in [2.75, 3.05) is 41.3 Å². The Bertz CT molecular complexity index is 428. The number of aliphatic imine (C=N–C) groups is 1. The molecule has 1 atom stereocenters. The predicted octanol–water partition coefficient (Wildman–Crippen LogP) is 1.87. The number of rotatable bonds is 7. The molecular formula is C16H28N4O. The summed E-state index contributed by atoms with van der Waals surface area (Å²) in [6.07, 6.45) is 1.08. The molecule has 0 saturated carbocycles. The molecule has 0 aliphatic carbocycles. The molecule has 5 nitrogen and oxygen atoms in total. The Morgan fingerprint density at radius 1 is 1.24 bits per heavy atom. The first-order valence-electron chi connectivity index (χ1n) is 7.37. The van der Waals surface area contributed by atoms with E-state index in [-0.39, 0.29) is 6.04 Å². The SMILES string of the molecule is CCCNC(=NC)NCC(c1ccc(OC)cc1)N(C)C. The van der Waals surface area contributed by atoms with Crippen LogP contribution in [0.25, 0.3) is 0 Å². The van der Waals surface area contributed by atoms with Gasteiger partial charge in [-0.15, -0.1) is 0 Å². The number of ether oxygens (including phenoxy) is 1. The van der Waals surface area contributed by atoms with Gasteiger partial charge in [0.05, 0.1) is 13.2 Å². The van der Waals surface area contributed by atoms with Crippen molar-refractivity contribution < 1.29 is 4.74 Å². The zero-order chi connectivity index (χ0) is 15.7. The lowest BCUT2D eigenvalue weighted by Crippen LogP contribution is -2.41. The van der Waals surface area contributed by atoms with E-state index in [2.05, 4.69) is 53.7 Å². The van der Waals surface area contributed by atoms with Gasteiger partial charge in [0, 0.05) is 20.1 Å². The van der Waals surface area contributed by atoms with Gasteiger partial charge in [-0.1, -0.05) is 19.1 Å². The molecular weight excluding hydrogens is 264 g/mol. The fourth-order valence-electron chi connectivity index (χ4n) is 2.08. The highest BCUT2D eigenvalue weighted by molar-refractivity contribution is 5.79. The number of nitrogens with zero attached hydrogens (tertiary/aromatic N) is 2. The van der Waals surface area contributed by atoms with Gasteiger partial charge in [-0.3, -0.25) is 4.99 Å². The zero-order valence-electron chi connectivity index (χ0n) is 13.8. The monoisotopic (exact) mass is 292 g/mol. The van der Waals surface area contributed by atoms with Gasteiger partial charge in [0.2, 0.25) is 0 Å². The lowest BCUT2D eigenvalue weighted by atomic mass is 10.1. The number of hydrogen-bond acceptors (Lipinski definition) is 3. The molecule has 118 valence electrons. The van der Waals surface area contributed by atoms with Crippen molar-refractivity contribution in [1.82, 2.24) is 15.5 Å². The number of likely N-dealkylation sites (N-methyl/N-ethyl adjacent to an activating group) is 1. The largest absolute Gasteiger partial charge is 0.497 e. The fourth-order valence-corrected chi connectivity index (χ4v) is 2.08. The molecule has 21 heavy (non-hydrogen) atoms. The van der Waals surface area contributed by atoms with Gasteiger partial charge in [-0.25, -0.2) is 0 Å². The summed E-state index contributed by atoms with van der Waals surface area (Å²) in [4.78, 5) is 6.43. The Hall–Kier alpha value is -1.75. The molecule has 0 amide bonds. The molecule has 0 spiro atoms. The van der Waals surface area contributed by atoms with E-state index in [1.54, 1.807) is 14.2 Å². The first-order valence-corrected chi connectivity index (χ1v) is 7.37. The van der Waals surface area contributed by atoms with Gasteiger partial charge >= 0.3 is 0 Å². The third kappa shape index (κ3) is 5.63. The van der Waals surface area contributed by atoms with E-state index in [4.69, 9.17) is 4.74 Å². The van der Waals surface area contributed by atoms with E-state index < -0.39 is 0 Å². The zero-order valence-corrected chi connectivity index (χ0v) is 13.8. The van der Waals surface area contributed by atoms with Crippen molar-refractivity contribution in [1.29, 1.82) is 0 Å².